The summed E-state index contributed by atoms with van der Waals surface area (Å²) < 4.78 is 4.44. The summed E-state index contributed by atoms with van der Waals surface area (Å²) in [6, 6.07) is 3.62. The molecule has 1 aromatic carbocycles. The summed E-state index contributed by atoms with van der Waals surface area (Å²) in [6.07, 6.45) is -0.143. The number of carboxylic acids is 1. The fourth-order valence-corrected chi connectivity index (χ4v) is 1.89. The number of hydrogen-bond acceptors (Lipinski definition) is 4. The summed E-state index contributed by atoms with van der Waals surface area (Å²) in [7, 11) is 1.21. The quantitative estimate of drug-likeness (QED) is 0.781. The van der Waals surface area contributed by atoms with Crippen LogP contribution in [0.3, 0.4) is 0 Å². The normalized spacial score (nSPS) is 11.6. The molecule has 1 rings (SSSR count). The molecule has 1 aromatic rings. The van der Waals surface area contributed by atoms with Crippen molar-refractivity contribution in [2.45, 2.75) is 25.8 Å². The average molecular weight is 314 g/mol. The Kier molecular flexibility index (Phi) is 6.17. The number of nitrogens with one attached hydrogen (secondary N) is 1. The highest BCUT2D eigenvalue weighted by Gasteiger charge is 2.22. The summed E-state index contributed by atoms with van der Waals surface area (Å²) in [5.74, 6) is -2.30. The minimum absolute atomic E-state index is 0.0483. The van der Waals surface area contributed by atoms with Gasteiger partial charge in [-0.05, 0) is 31.0 Å². The first-order chi connectivity index (χ1) is 9.86. The van der Waals surface area contributed by atoms with Crippen molar-refractivity contribution in [3.8, 4) is 0 Å². The van der Waals surface area contributed by atoms with Crippen molar-refractivity contribution in [1.82, 2.24) is 5.32 Å². The maximum absolute atomic E-state index is 12.1. The molecule has 114 valence electrons. The molecule has 2 N–H and O–H groups in total. The first kappa shape index (κ1) is 17.0. The lowest BCUT2D eigenvalue weighted by molar-refractivity contribution is -0.142. The molecule has 0 aliphatic carbocycles. The Morgan fingerprint density at radius 2 is 2.05 bits per heavy atom. The zero-order chi connectivity index (χ0) is 16.0. The standard InChI is InChI=1S/C14H16ClNO5/c1-8-9(4-3-5-10(8)15)13(18)16-11(14(19)20)6-7-12(17)21-2/h3-5,11H,6-7H2,1-2H3,(H,16,18)(H,19,20)/t11-/m0/s1. The molecule has 0 aliphatic rings. The van der Waals surface area contributed by atoms with Gasteiger partial charge in [-0.3, -0.25) is 9.59 Å². The Morgan fingerprint density at radius 1 is 1.38 bits per heavy atom. The molecule has 6 nitrogen and oxygen atoms in total. The minimum atomic E-state index is -1.22. The molecule has 0 heterocycles. The lowest BCUT2D eigenvalue weighted by Gasteiger charge is -2.15. The molecule has 1 atom stereocenters. The van der Waals surface area contributed by atoms with E-state index in [2.05, 4.69) is 10.1 Å². The highest BCUT2D eigenvalue weighted by Crippen LogP contribution is 2.18. The molecule has 1 amide bonds. The lowest BCUT2D eigenvalue weighted by Crippen LogP contribution is -2.41. The summed E-state index contributed by atoms with van der Waals surface area (Å²) >= 11 is 5.92. The van der Waals surface area contributed by atoms with Crippen LogP contribution in [0.15, 0.2) is 18.2 Å². The van der Waals surface area contributed by atoms with Gasteiger partial charge in [0, 0.05) is 17.0 Å². The number of esters is 1. The molecule has 0 saturated heterocycles. The number of carbonyl (C=O) groups is 3. The molecule has 0 fully saturated rings. The first-order valence-corrected chi connectivity index (χ1v) is 6.60. The third kappa shape index (κ3) is 4.75. The van der Waals surface area contributed by atoms with Crippen molar-refractivity contribution < 1.29 is 24.2 Å². The van der Waals surface area contributed by atoms with Crippen molar-refractivity contribution in [3.63, 3.8) is 0 Å². The topological polar surface area (TPSA) is 92.7 Å². The van der Waals surface area contributed by atoms with Crippen LogP contribution >= 0.6 is 11.6 Å². The van der Waals surface area contributed by atoms with Crippen molar-refractivity contribution in [1.29, 1.82) is 0 Å². The summed E-state index contributed by atoms with van der Waals surface area (Å²) in [4.78, 5) is 34.3. The van der Waals surface area contributed by atoms with Crippen LogP contribution in [0.4, 0.5) is 0 Å². The van der Waals surface area contributed by atoms with E-state index in [0.717, 1.165) is 0 Å². The number of halogens is 1. The van der Waals surface area contributed by atoms with Crippen molar-refractivity contribution in [2.24, 2.45) is 0 Å². The van der Waals surface area contributed by atoms with Crippen LogP contribution in [0.25, 0.3) is 0 Å². The van der Waals surface area contributed by atoms with Crippen molar-refractivity contribution in [3.05, 3.63) is 34.3 Å². The Labute approximate surface area is 127 Å². The van der Waals surface area contributed by atoms with Gasteiger partial charge in [-0.2, -0.15) is 0 Å². The number of aliphatic carboxylic acids is 1. The van der Waals surface area contributed by atoms with Gasteiger partial charge in [-0.1, -0.05) is 17.7 Å². The van der Waals surface area contributed by atoms with Gasteiger partial charge < -0.3 is 15.2 Å². The first-order valence-electron chi connectivity index (χ1n) is 6.22. The van der Waals surface area contributed by atoms with Crippen molar-refractivity contribution >= 4 is 29.4 Å². The molecule has 0 radical (unpaired) electrons. The number of carboxylic acid groups (broad SMARTS) is 1. The van der Waals surface area contributed by atoms with Gasteiger partial charge in [-0.15, -0.1) is 0 Å². The molecule has 0 saturated carbocycles. The van der Waals surface area contributed by atoms with E-state index in [1.165, 1.54) is 7.11 Å². The van der Waals surface area contributed by atoms with E-state index in [4.69, 9.17) is 16.7 Å². The van der Waals surface area contributed by atoms with Gasteiger partial charge in [-0.25, -0.2) is 4.79 Å². The summed E-state index contributed by atoms with van der Waals surface area (Å²) in [5, 5.41) is 11.9. The maximum Gasteiger partial charge on any atom is 0.326 e. The Morgan fingerprint density at radius 3 is 2.62 bits per heavy atom. The molecule has 0 aromatic heterocycles. The Bertz CT molecular complexity index is 558. The smallest absolute Gasteiger partial charge is 0.326 e. The molecule has 0 aliphatic heterocycles. The number of amides is 1. The average Bonchev–Trinajstić information content (AvgIpc) is 2.45. The number of hydrogen-bond donors (Lipinski definition) is 2. The van der Waals surface area contributed by atoms with Crippen LogP contribution < -0.4 is 5.32 Å². The van der Waals surface area contributed by atoms with Crippen molar-refractivity contribution in [2.75, 3.05) is 7.11 Å². The van der Waals surface area contributed by atoms with Gasteiger partial charge in [0.2, 0.25) is 0 Å². The third-order valence-electron chi connectivity index (χ3n) is 2.98. The molecule has 0 unspecified atom stereocenters. The van der Waals surface area contributed by atoms with Crippen LogP contribution in [0.2, 0.25) is 5.02 Å². The molecule has 7 heteroatoms. The minimum Gasteiger partial charge on any atom is -0.480 e. The fraction of sp³-hybridized carbons (Fsp3) is 0.357. The second-order valence-electron chi connectivity index (χ2n) is 4.39. The predicted octanol–water partition coefficient (Wildman–Crippen LogP) is 1.78. The number of carbonyl (C=O) groups excluding carboxylic acids is 2. The number of benzene rings is 1. The zero-order valence-electron chi connectivity index (χ0n) is 11.7. The van der Waals surface area contributed by atoms with Gasteiger partial charge in [0.25, 0.3) is 5.91 Å². The molecule has 0 bridgehead atoms. The van der Waals surface area contributed by atoms with Crippen LogP contribution in [-0.4, -0.2) is 36.1 Å². The summed E-state index contributed by atoms with van der Waals surface area (Å²) in [5.41, 5.74) is 0.862. The Hall–Kier alpha value is -2.08. The Balaban J connectivity index is 2.79. The third-order valence-corrected chi connectivity index (χ3v) is 3.39. The monoisotopic (exact) mass is 313 g/mol. The van der Waals surface area contributed by atoms with Gasteiger partial charge in [0.1, 0.15) is 6.04 Å². The van der Waals surface area contributed by atoms with Crippen LogP contribution in [-0.2, 0) is 14.3 Å². The zero-order valence-corrected chi connectivity index (χ0v) is 12.4. The van der Waals surface area contributed by atoms with E-state index >= 15 is 0 Å². The molecular weight excluding hydrogens is 298 g/mol. The summed E-state index contributed by atoms with van der Waals surface area (Å²) in [6.45, 7) is 1.67. The van der Waals surface area contributed by atoms with Crippen LogP contribution in [0.1, 0.15) is 28.8 Å². The second-order valence-corrected chi connectivity index (χ2v) is 4.80. The fourth-order valence-electron chi connectivity index (χ4n) is 1.71. The predicted molar refractivity (Wildman–Crippen MR) is 76.3 cm³/mol. The number of ether oxygens (including phenoxy) is 1. The van der Waals surface area contributed by atoms with E-state index in [1.54, 1.807) is 25.1 Å². The number of methoxy groups -OCH3 is 1. The van der Waals surface area contributed by atoms with E-state index in [-0.39, 0.29) is 12.8 Å². The van der Waals surface area contributed by atoms with Crippen LogP contribution in [0.5, 0.6) is 0 Å². The largest absolute Gasteiger partial charge is 0.480 e. The van der Waals surface area contributed by atoms with E-state index in [0.29, 0.717) is 16.1 Å². The number of rotatable bonds is 6. The highest BCUT2D eigenvalue weighted by molar-refractivity contribution is 6.31. The van der Waals surface area contributed by atoms with Gasteiger partial charge in [0.15, 0.2) is 0 Å². The molecule has 0 spiro atoms. The maximum atomic E-state index is 12.1. The molecular formula is C14H16ClNO5. The molecule has 21 heavy (non-hydrogen) atoms. The van der Waals surface area contributed by atoms with E-state index < -0.39 is 23.9 Å². The van der Waals surface area contributed by atoms with E-state index in [1.807, 2.05) is 0 Å². The second kappa shape index (κ2) is 7.64. The van der Waals surface area contributed by atoms with E-state index in [9.17, 15) is 14.4 Å². The highest BCUT2D eigenvalue weighted by atomic mass is 35.5. The lowest BCUT2D eigenvalue weighted by atomic mass is 10.1. The van der Waals surface area contributed by atoms with Crippen LogP contribution in [0, 0.1) is 6.92 Å². The van der Waals surface area contributed by atoms with Gasteiger partial charge in [0.05, 0.1) is 7.11 Å². The SMILES string of the molecule is COC(=O)CC[C@H](NC(=O)c1cccc(Cl)c1C)C(=O)O. The van der Waals surface area contributed by atoms with Gasteiger partial charge >= 0.3 is 11.9 Å².